The summed E-state index contributed by atoms with van der Waals surface area (Å²) in [6, 6.07) is 7.29. The third kappa shape index (κ3) is 7.68. The van der Waals surface area contributed by atoms with E-state index in [9.17, 15) is 4.79 Å². The molecule has 1 atom stereocenters. The molecule has 3 N–H and O–H groups in total. The van der Waals surface area contributed by atoms with Crippen molar-refractivity contribution in [3.05, 3.63) is 29.3 Å². The van der Waals surface area contributed by atoms with Crippen molar-refractivity contribution in [3.8, 4) is 5.75 Å². The Bertz CT molecular complexity index is 568. The van der Waals surface area contributed by atoms with Crippen LogP contribution < -0.4 is 15.8 Å². The molecule has 1 aliphatic rings. The number of primary amides is 1. The van der Waals surface area contributed by atoms with Crippen molar-refractivity contribution in [2.45, 2.75) is 19.3 Å². The van der Waals surface area contributed by atoms with Gasteiger partial charge in [-0.1, -0.05) is 11.6 Å². The average Bonchev–Trinajstić information content (AvgIpc) is 2.56. The molecule has 1 amide bonds. The van der Waals surface area contributed by atoms with E-state index in [1.54, 1.807) is 19.2 Å². The Kier molecular flexibility index (Phi) is 9.96. The fourth-order valence-electron chi connectivity index (χ4n) is 2.90. The number of benzene rings is 1. The number of halogens is 2. The number of nitrogens with two attached hydrogens (primary N) is 1. The van der Waals surface area contributed by atoms with E-state index in [1.807, 2.05) is 12.1 Å². The SMILES string of the molecule is CN=C(NCCOc1ccc(Cl)cc1)N1CCCC(CC(N)=O)C1.I. The molecule has 2 rings (SSSR count). The largest absolute Gasteiger partial charge is 0.492 e. The van der Waals surface area contributed by atoms with Gasteiger partial charge in [0.25, 0.3) is 0 Å². The van der Waals surface area contributed by atoms with Crippen LogP contribution in [0.1, 0.15) is 19.3 Å². The summed E-state index contributed by atoms with van der Waals surface area (Å²) >= 11 is 5.84. The molecule has 0 aliphatic carbocycles. The highest BCUT2D eigenvalue weighted by molar-refractivity contribution is 14.0. The van der Waals surface area contributed by atoms with Gasteiger partial charge in [-0.25, -0.2) is 0 Å². The summed E-state index contributed by atoms with van der Waals surface area (Å²) in [6.07, 6.45) is 2.52. The predicted octanol–water partition coefficient (Wildman–Crippen LogP) is 2.50. The molecule has 0 radical (unpaired) electrons. The maximum atomic E-state index is 11.1. The van der Waals surface area contributed by atoms with Crippen molar-refractivity contribution in [1.82, 2.24) is 10.2 Å². The van der Waals surface area contributed by atoms with Crippen molar-refractivity contribution in [2.75, 3.05) is 33.3 Å². The van der Waals surface area contributed by atoms with Gasteiger partial charge >= 0.3 is 0 Å². The zero-order valence-electron chi connectivity index (χ0n) is 14.4. The predicted molar refractivity (Wildman–Crippen MR) is 112 cm³/mol. The molecular formula is C17H26ClIN4O2. The van der Waals surface area contributed by atoms with Gasteiger partial charge in [-0.05, 0) is 43.0 Å². The van der Waals surface area contributed by atoms with Gasteiger partial charge in [0, 0.05) is 31.6 Å². The summed E-state index contributed by atoms with van der Waals surface area (Å²) in [7, 11) is 1.76. The Morgan fingerprint density at radius 2 is 2.16 bits per heavy atom. The molecule has 1 saturated heterocycles. The zero-order chi connectivity index (χ0) is 17.4. The van der Waals surface area contributed by atoms with Gasteiger partial charge in [0.1, 0.15) is 12.4 Å². The van der Waals surface area contributed by atoms with Crippen LogP contribution in [0.2, 0.25) is 5.02 Å². The normalized spacial score (nSPS) is 17.6. The number of nitrogens with zero attached hydrogens (tertiary/aromatic N) is 2. The molecule has 1 aromatic rings. The first-order chi connectivity index (χ1) is 11.6. The minimum Gasteiger partial charge on any atom is -0.492 e. The lowest BCUT2D eigenvalue weighted by Gasteiger charge is -2.34. The van der Waals surface area contributed by atoms with Crippen LogP contribution in [-0.4, -0.2) is 50.1 Å². The molecule has 0 spiro atoms. The van der Waals surface area contributed by atoms with Crippen LogP contribution >= 0.6 is 35.6 Å². The lowest BCUT2D eigenvalue weighted by Crippen LogP contribution is -2.48. The fraction of sp³-hybridized carbons (Fsp3) is 0.529. The standard InChI is InChI=1S/C17H25ClN4O2.HI/c1-20-17(22-9-2-3-13(12-22)11-16(19)23)21-8-10-24-15-6-4-14(18)5-7-15;/h4-7,13H,2-3,8-12H2,1H3,(H2,19,23)(H,20,21);1H. The molecule has 1 aromatic carbocycles. The molecule has 0 saturated carbocycles. The molecule has 1 unspecified atom stereocenters. The first kappa shape index (κ1) is 21.8. The highest BCUT2D eigenvalue weighted by atomic mass is 127. The first-order valence-electron chi connectivity index (χ1n) is 8.20. The van der Waals surface area contributed by atoms with Crippen molar-refractivity contribution < 1.29 is 9.53 Å². The van der Waals surface area contributed by atoms with E-state index in [-0.39, 0.29) is 29.9 Å². The average molecular weight is 481 g/mol. The molecule has 8 heteroatoms. The van der Waals surface area contributed by atoms with Crippen LogP contribution in [0.15, 0.2) is 29.3 Å². The monoisotopic (exact) mass is 480 g/mol. The third-order valence-corrected chi connectivity index (χ3v) is 4.24. The van der Waals surface area contributed by atoms with E-state index >= 15 is 0 Å². The Morgan fingerprint density at radius 3 is 2.80 bits per heavy atom. The van der Waals surface area contributed by atoms with Gasteiger partial charge in [0.2, 0.25) is 5.91 Å². The fourth-order valence-corrected chi connectivity index (χ4v) is 3.03. The van der Waals surface area contributed by atoms with Crippen LogP contribution in [0.25, 0.3) is 0 Å². The minimum atomic E-state index is -0.235. The Morgan fingerprint density at radius 1 is 1.44 bits per heavy atom. The molecule has 140 valence electrons. The van der Waals surface area contributed by atoms with Crippen LogP contribution in [0, 0.1) is 5.92 Å². The number of amides is 1. The highest BCUT2D eigenvalue weighted by Gasteiger charge is 2.23. The van der Waals surface area contributed by atoms with Crippen LogP contribution in [0.5, 0.6) is 5.75 Å². The van der Waals surface area contributed by atoms with Crippen LogP contribution in [-0.2, 0) is 4.79 Å². The minimum absolute atomic E-state index is 0. The van der Waals surface area contributed by atoms with Crippen molar-refractivity contribution in [2.24, 2.45) is 16.6 Å². The summed E-state index contributed by atoms with van der Waals surface area (Å²) in [5.41, 5.74) is 5.31. The molecule has 6 nitrogen and oxygen atoms in total. The van der Waals surface area contributed by atoms with E-state index in [2.05, 4.69) is 15.2 Å². The lowest BCUT2D eigenvalue weighted by molar-refractivity contribution is -0.119. The Hall–Kier alpha value is -1.22. The third-order valence-electron chi connectivity index (χ3n) is 3.99. The summed E-state index contributed by atoms with van der Waals surface area (Å²) in [5, 5.41) is 3.99. The Labute approximate surface area is 171 Å². The number of rotatable bonds is 6. The van der Waals surface area contributed by atoms with Gasteiger partial charge in [-0.2, -0.15) is 0 Å². The second-order valence-corrected chi connectivity index (χ2v) is 6.34. The first-order valence-corrected chi connectivity index (χ1v) is 8.58. The summed E-state index contributed by atoms with van der Waals surface area (Å²) in [4.78, 5) is 17.6. The number of guanidine groups is 1. The number of carbonyl (C=O) groups is 1. The summed E-state index contributed by atoms with van der Waals surface area (Å²) < 4.78 is 5.66. The van der Waals surface area contributed by atoms with Gasteiger partial charge in [-0.15, -0.1) is 24.0 Å². The van der Waals surface area contributed by atoms with Crippen molar-refractivity contribution in [3.63, 3.8) is 0 Å². The van der Waals surface area contributed by atoms with E-state index in [0.29, 0.717) is 30.5 Å². The van der Waals surface area contributed by atoms with Gasteiger partial charge in [-0.3, -0.25) is 9.79 Å². The number of aliphatic imine (C=N–C) groups is 1. The Balaban J connectivity index is 0.00000312. The van der Waals surface area contributed by atoms with Crippen molar-refractivity contribution >= 4 is 47.4 Å². The summed E-state index contributed by atoms with van der Waals surface area (Å²) in [6.45, 7) is 2.92. The molecule has 0 aromatic heterocycles. The number of ether oxygens (including phenoxy) is 1. The number of nitrogens with one attached hydrogen (secondary N) is 1. The van der Waals surface area contributed by atoms with Gasteiger partial charge in [0.15, 0.2) is 5.96 Å². The van der Waals surface area contributed by atoms with E-state index < -0.39 is 0 Å². The topological polar surface area (TPSA) is 80.0 Å². The van der Waals surface area contributed by atoms with Crippen LogP contribution in [0.4, 0.5) is 0 Å². The second kappa shape index (κ2) is 11.4. The van der Waals surface area contributed by atoms with E-state index in [0.717, 1.165) is 37.6 Å². The van der Waals surface area contributed by atoms with E-state index in [1.165, 1.54) is 0 Å². The maximum Gasteiger partial charge on any atom is 0.217 e. The van der Waals surface area contributed by atoms with Crippen LogP contribution in [0.3, 0.4) is 0 Å². The number of piperidine rings is 1. The molecule has 1 heterocycles. The lowest BCUT2D eigenvalue weighted by atomic mass is 9.95. The number of likely N-dealkylation sites (tertiary alicyclic amines) is 1. The molecule has 1 fully saturated rings. The molecular weight excluding hydrogens is 455 g/mol. The van der Waals surface area contributed by atoms with E-state index in [4.69, 9.17) is 22.1 Å². The van der Waals surface area contributed by atoms with Gasteiger partial charge < -0.3 is 20.7 Å². The highest BCUT2D eigenvalue weighted by Crippen LogP contribution is 2.19. The summed E-state index contributed by atoms with van der Waals surface area (Å²) in [5.74, 6) is 1.70. The number of hydrogen-bond acceptors (Lipinski definition) is 3. The molecule has 25 heavy (non-hydrogen) atoms. The second-order valence-electron chi connectivity index (χ2n) is 5.90. The maximum absolute atomic E-state index is 11.1. The quantitative estimate of drug-likeness (QED) is 0.284. The zero-order valence-corrected chi connectivity index (χ0v) is 17.5. The molecule has 1 aliphatic heterocycles. The number of carbonyl (C=O) groups excluding carboxylic acids is 1. The molecule has 0 bridgehead atoms. The number of hydrogen-bond donors (Lipinski definition) is 2. The van der Waals surface area contributed by atoms with Gasteiger partial charge in [0.05, 0.1) is 6.54 Å². The van der Waals surface area contributed by atoms with Crippen molar-refractivity contribution in [1.29, 1.82) is 0 Å². The smallest absolute Gasteiger partial charge is 0.217 e.